The zero-order chi connectivity index (χ0) is 19.4. The molecule has 1 aromatic rings. The lowest BCUT2D eigenvalue weighted by Gasteiger charge is -2.33. The molecule has 146 valence electrons. The Bertz CT molecular complexity index is 730. The maximum absolute atomic E-state index is 12.3. The summed E-state index contributed by atoms with van der Waals surface area (Å²) in [5, 5.41) is 14.0. The van der Waals surface area contributed by atoms with Crippen molar-refractivity contribution >= 4 is 23.6 Å². The SMILES string of the molecule is CC(C(=O)NC(=O)Nc1ccc2c(c1)OCCO2)N1CCC(C(=O)O)CC1. The highest BCUT2D eigenvalue weighted by atomic mass is 16.6. The van der Waals surface area contributed by atoms with Crippen LogP contribution in [0.5, 0.6) is 11.5 Å². The predicted octanol–water partition coefficient (Wildman–Crippen LogP) is 1.29. The van der Waals surface area contributed by atoms with E-state index < -0.39 is 23.9 Å². The molecule has 2 heterocycles. The number of carbonyl (C=O) groups excluding carboxylic acids is 2. The van der Waals surface area contributed by atoms with Crippen molar-refractivity contribution in [1.82, 2.24) is 10.2 Å². The van der Waals surface area contributed by atoms with Crippen LogP contribution in [0.1, 0.15) is 19.8 Å². The molecule has 9 nitrogen and oxygen atoms in total. The smallest absolute Gasteiger partial charge is 0.325 e. The summed E-state index contributed by atoms with van der Waals surface area (Å²) in [6.07, 6.45) is 0.993. The van der Waals surface area contributed by atoms with Crippen molar-refractivity contribution in [3.05, 3.63) is 18.2 Å². The minimum absolute atomic E-state index is 0.366. The number of nitrogens with one attached hydrogen (secondary N) is 2. The Morgan fingerprint density at radius 1 is 1.15 bits per heavy atom. The van der Waals surface area contributed by atoms with E-state index in [9.17, 15) is 14.4 Å². The van der Waals surface area contributed by atoms with E-state index in [4.69, 9.17) is 14.6 Å². The highest BCUT2D eigenvalue weighted by Crippen LogP contribution is 2.32. The van der Waals surface area contributed by atoms with Crippen LogP contribution in [0.25, 0.3) is 0 Å². The van der Waals surface area contributed by atoms with Gasteiger partial charge >= 0.3 is 12.0 Å². The van der Waals surface area contributed by atoms with Crippen LogP contribution in [0.4, 0.5) is 10.5 Å². The third-order valence-corrected chi connectivity index (χ3v) is 4.84. The standard InChI is InChI=1S/C18H23N3O6/c1-11(21-6-4-12(5-7-21)17(23)24)16(22)20-18(25)19-13-2-3-14-15(10-13)27-9-8-26-14/h2-3,10-12H,4-9H2,1H3,(H,23,24)(H2,19,20,22,25). The summed E-state index contributed by atoms with van der Waals surface area (Å²) in [6, 6.07) is 3.84. The van der Waals surface area contributed by atoms with Crippen LogP contribution in [-0.4, -0.2) is 60.3 Å². The number of likely N-dealkylation sites (tertiary alicyclic amines) is 1. The molecule has 27 heavy (non-hydrogen) atoms. The van der Waals surface area contributed by atoms with Crippen LogP contribution in [0.15, 0.2) is 18.2 Å². The number of piperidine rings is 1. The van der Waals surface area contributed by atoms with Gasteiger partial charge in [-0.25, -0.2) is 4.79 Å². The number of anilines is 1. The highest BCUT2D eigenvalue weighted by Gasteiger charge is 2.30. The molecule has 0 saturated carbocycles. The average Bonchev–Trinajstić information content (AvgIpc) is 2.67. The minimum atomic E-state index is -0.800. The van der Waals surface area contributed by atoms with E-state index in [1.165, 1.54) is 0 Å². The van der Waals surface area contributed by atoms with Crippen LogP contribution in [0.2, 0.25) is 0 Å². The summed E-state index contributed by atoms with van der Waals surface area (Å²) >= 11 is 0. The second-order valence-corrected chi connectivity index (χ2v) is 6.63. The first kappa shape index (κ1) is 19.0. The number of carbonyl (C=O) groups is 3. The molecule has 1 atom stereocenters. The number of carboxylic acid groups (broad SMARTS) is 1. The molecule has 0 aliphatic carbocycles. The second-order valence-electron chi connectivity index (χ2n) is 6.63. The largest absolute Gasteiger partial charge is 0.486 e. The Labute approximate surface area is 156 Å². The molecule has 1 saturated heterocycles. The fraction of sp³-hybridized carbons (Fsp3) is 0.500. The number of rotatable bonds is 4. The van der Waals surface area contributed by atoms with E-state index >= 15 is 0 Å². The van der Waals surface area contributed by atoms with Gasteiger partial charge in [-0.1, -0.05) is 0 Å². The van der Waals surface area contributed by atoms with E-state index in [2.05, 4.69) is 10.6 Å². The number of urea groups is 1. The van der Waals surface area contributed by atoms with Crippen LogP contribution in [0.3, 0.4) is 0 Å². The molecule has 0 radical (unpaired) electrons. The van der Waals surface area contributed by atoms with Crippen molar-refractivity contribution in [2.45, 2.75) is 25.8 Å². The summed E-state index contributed by atoms with van der Waals surface area (Å²) in [6.45, 7) is 3.64. The summed E-state index contributed by atoms with van der Waals surface area (Å²) in [7, 11) is 0. The van der Waals surface area contributed by atoms with Gasteiger partial charge in [0, 0.05) is 11.8 Å². The van der Waals surface area contributed by atoms with Crippen LogP contribution in [0, 0.1) is 5.92 Å². The normalized spacial score (nSPS) is 18.4. The van der Waals surface area contributed by atoms with Crippen LogP contribution < -0.4 is 20.1 Å². The summed E-state index contributed by atoms with van der Waals surface area (Å²) in [4.78, 5) is 37.3. The minimum Gasteiger partial charge on any atom is -0.486 e. The number of amides is 3. The van der Waals surface area contributed by atoms with E-state index in [1.54, 1.807) is 25.1 Å². The lowest BCUT2D eigenvalue weighted by molar-refractivity contribution is -0.143. The van der Waals surface area contributed by atoms with E-state index in [-0.39, 0.29) is 5.92 Å². The highest BCUT2D eigenvalue weighted by molar-refractivity contribution is 6.02. The molecule has 2 aliphatic rings. The van der Waals surface area contributed by atoms with Gasteiger partial charge in [0.15, 0.2) is 11.5 Å². The fourth-order valence-electron chi connectivity index (χ4n) is 3.20. The lowest BCUT2D eigenvalue weighted by Crippen LogP contribution is -2.50. The first-order chi connectivity index (χ1) is 12.9. The first-order valence-electron chi connectivity index (χ1n) is 8.92. The summed E-state index contributed by atoms with van der Waals surface area (Å²) in [5.41, 5.74) is 0.486. The number of ether oxygens (including phenoxy) is 2. The molecular formula is C18H23N3O6. The number of imide groups is 1. The van der Waals surface area contributed by atoms with Gasteiger partial charge in [0.25, 0.3) is 0 Å². The van der Waals surface area contributed by atoms with Crippen LogP contribution in [-0.2, 0) is 9.59 Å². The van der Waals surface area contributed by atoms with E-state index in [0.717, 1.165) is 0 Å². The van der Waals surface area contributed by atoms with Gasteiger partial charge < -0.3 is 19.9 Å². The van der Waals surface area contributed by atoms with Gasteiger partial charge in [0.2, 0.25) is 5.91 Å². The Balaban J connectivity index is 1.50. The van der Waals surface area contributed by atoms with Gasteiger partial charge in [0.1, 0.15) is 13.2 Å². The molecular weight excluding hydrogens is 354 g/mol. The predicted molar refractivity (Wildman–Crippen MR) is 96.0 cm³/mol. The molecule has 0 aromatic heterocycles. The number of hydrogen-bond acceptors (Lipinski definition) is 6. The molecule has 1 fully saturated rings. The second kappa shape index (κ2) is 8.26. The Hall–Kier alpha value is -2.81. The molecule has 3 rings (SSSR count). The van der Waals surface area contributed by atoms with Crippen molar-refractivity contribution in [3.8, 4) is 11.5 Å². The molecule has 9 heteroatoms. The number of nitrogens with zero attached hydrogens (tertiary/aromatic N) is 1. The van der Waals surface area contributed by atoms with Gasteiger partial charge in [-0.05, 0) is 45.0 Å². The monoisotopic (exact) mass is 377 g/mol. The van der Waals surface area contributed by atoms with Crippen molar-refractivity contribution < 1.29 is 29.0 Å². The lowest BCUT2D eigenvalue weighted by atomic mass is 9.96. The number of hydrogen-bond donors (Lipinski definition) is 3. The average molecular weight is 377 g/mol. The number of fused-ring (bicyclic) bond motifs is 1. The first-order valence-corrected chi connectivity index (χ1v) is 8.92. The third kappa shape index (κ3) is 4.68. The number of benzene rings is 1. The molecule has 1 aromatic carbocycles. The van der Waals surface area contributed by atoms with Gasteiger partial charge in [0.05, 0.1) is 12.0 Å². The molecule has 0 spiro atoms. The molecule has 3 N–H and O–H groups in total. The fourth-order valence-corrected chi connectivity index (χ4v) is 3.20. The summed E-state index contributed by atoms with van der Waals surface area (Å²) in [5.74, 6) is -0.443. The molecule has 2 aliphatic heterocycles. The quantitative estimate of drug-likeness (QED) is 0.724. The Morgan fingerprint density at radius 2 is 1.81 bits per heavy atom. The van der Waals surface area contributed by atoms with Crippen molar-refractivity contribution in [2.75, 3.05) is 31.6 Å². The van der Waals surface area contributed by atoms with Crippen molar-refractivity contribution in [1.29, 1.82) is 0 Å². The maximum atomic E-state index is 12.3. The molecule has 3 amide bonds. The number of carboxylic acids is 1. The Morgan fingerprint density at radius 3 is 2.48 bits per heavy atom. The topological polar surface area (TPSA) is 117 Å². The van der Waals surface area contributed by atoms with E-state index in [1.807, 2.05) is 4.90 Å². The third-order valence-electron chi connectivity index (χ3n) is 4.84. The Kier molecular flexibility index (Phi) is 5.80. The molecule has 1 unspecified atom stereocenters. The maximum Gasteiger partial charge on any atom is 0.325 e. The van der Waals surface area contributed by atoms with Gasteiger partial charge in [-0.2, -0.15) is 0 Å². The summed E-state index contributed by atoms with van der Waals surface area (Å²) < 4.78 is 10.9. The van der Waals surface area contributed by atoms with Crippen molar-refractivity contribution in [3.63, 3.8) is 0 Å². The number of aliphatic carboxylic acids is 1. The zero-order valence-corrected chi connectivity index (χ0v) is 15.1. The van der Waals surface area contributed by atoms with E-state index in [0.29, 0.717) is 56.3 Å². The van der Waals surface area contributed by atoms with Crippen LogP contribution >= 0.6 is 0 Å². The van der Waals surface area contributed by atoms with Crippen molar-refractivity contribution in [2.24, 2.45) is 5.92 Å². The van der Waals surface area contributed by atoms with Gasteiger partial charge in [-0.15, -0.1) is 0 Å². The zero-order valence-electron chi connectivity index (χ0n) is 15.1. The van der Waals surface area contributed by atoms with Gasteiger partial charge in [-0.3, -0.25) is 19.8 Å². The molecule has 0 bridgehead atoms.